The van der Waals surface area contributed by atoms with Crippen molar-refractivity contribution in [1.82, 2.24) is 5.32 Å². The summed E-state index contributed by atoms with van der Waals surface area (Å²) in [5, 5.41) is 13.3. The first kappa shape index (κ1) is 9.97. The molecule has 2 rings (SSSR count). The Labute approximate surface area is 88.9 Å². The molecule has 1 aromatic carbocycles. The van der Waals surface area contributed by atoms with Crippen molar-refractivity contribution in [3.63, 3.8) is 0 Å². The first-order valence-electron chi connectivity index (χ1n) is 4.80. The molecule has 3 heteroatoms. The summed E-state index contributed by atoms with van der Waals surface area (Å²) in [6.07, 6.45) is 0.900. The third-order valence-corrected chi connectivity index (χ3v) is 3.04. The van der Waals surface area contributed by atoms with Gasteiger partial charge in [0.15, 0.2) is 0 Å². The van der Waals surface area contributed by atoms with Gasteiger partial charge >= 0.3 is 0 Å². The molecule has 1 fully saturated rings. The molecule has 0 bridgehead atoms. The van der Waals surface area contributed by atoms with Crippen molar-refractivity contribution in [1.29, 1.82) is 0 Å². The summed E-state index contributed by atoms with van der Waals surface area (Å²) >= 11 is 5.90. The average molecular weight is 212 g/mol. The predicted molar refractivity (Wildman–Crippen MR) is 57.5 cm³/mol. The van der Waals surface area contributed by atoms with E-state index in [1.807, 2.05) is 18.2 Å². The molecule has 0 saturated carbocycles. The van der Waals surface area contributed by atoms with E-state index in [1.54, 1.807) is 0 Å². The van der Waals surface area contributed by atoms with Gasteiger partial charge in [-0.25, -0.2) is 0 Å². The minimum atomic E-state index is 0.0463. The molecule has 14 heavy (non-hydrogen) atoms. The summed E-state index contributed by atoms with van der Waals surface area (Å²) in [6, 6.07) is 7.85. The van der Waals surface area contributed by atoms with Gasteiger partial charge in [-0.2, -0.15) is 0 Å². The van der Waals surface area contributed by atoms with Crippen molar-refractivity contribution >= 4 is 11.6 Å². The number of benzene rings is 1. The second-order valence-electron chi connectivity index (χ2n) is 4.07. The maximum absolute atomic E-state index is 9.29. The summed E-state index contributed by atoms with van der Waals surface area (Å²) in [4.78, 5) is 0. The van der Waals surface area contributed by atoms with Gasteiger partial charge < -0.3 is 10.4 Å². The topological polar surface area (TPSA) is 32.3 Å². The van der Waals surface area contributed by atoms with Crippen molar-refractivity contribution in [2.24, 2.45) is 5.41 Å². The highest BCUT2D eigenvalue weighted by Gasteiger charge is 2.36. The van der Waals surface area contributed by atoms with Crippen LogP contribution in [0.2, 0.25) is 5.02 Å². The Hall–Kier alpha value is -0.570. The largest absolute Gasteiger partial charge is 0.396 e. The van der Waals surface area contributed by atoms with Crippen LogP contribution in [0.5, 0.6) is 0 Å². The van der Waals surface area contributed by atoms with Crippen LogP contribution in [0.15, 0.2) is 24.3 Å². The number of halogens is 1. The van der Waals surface area contributed by atoms with E-state index in [-0.39, 0.29) is 12.0 Å². The summed E-state index contributed by atoms with van der Waals surface area (Å²) < 4.78 is 0. The van der Waals surface area contributed by atoms with Gasteiger partial charge in [0.25, 0.3) is 0 Å². The smallest absolute Gasteiger partial charge is 0.0515 e. The van der Waals surface area contributed by atoms with Crippen molar-refractivity contribution < 1.29 is 5.11 Å². The first-order chi connectivity index (χ1) is 6.74. The Kier molecular flexibility index (Phi) is 2.77. The molecule has 0 aliphatic carbocycles. The Bertz CT molecular complexity index is 317. The maximum atomic E-state index is 9.29. The third-order valence-electron chi connectivity index (χ3n) is 2.80. The predicted octanol–water partition coefficient (Wildman–Crippen LogP) is 1.46. The SMILES string of the molecule is OCC1(Cc2cccc(Cl)c2)CNC1. The summed E-state index contributed by atoms with van der Waals surface area (Å²) in [7, 11) is 0. The molecule has 76 valence electrons. The van der Waals surface area contributed by atoms with Gasteiger partial charge in [-0.3, -0.25) is 0 Å². The van der Waals surface area contributed by atoms with Crippen LogP contribution in [0, 0.1) is 5.41 Å². The highest BCUT2D eigenvalue weighted by molar-refractivity contribution is 6.30. The molecule has 0 atom stereocenters. The zero-order chi connectivity index (χ0) is 10.0. The van der Waals surface area contributed by atoms with Crippen LogP contribution in [0.4, 0.5) is 0 Å². The van der Waals surface area contributed by atoms with Gasteiger partial charge in [0, 0.05) is 23.5 Å². The summed E-state index contributed by atoms with van der Waals surface area (Å²) in [5.41, 5.74) is 1.25. The minimum Gasteiger partial charge on any atom is -0.396 e. The zero-order valence-corrected chi connectivity index (χ0v) is 8.72. The maximum Gasteiger partial charge on any atom is 0.0515 e. The molecule has 0 aromatic heterocycles. The number of hydrogen-bond donors (Lipinski definition) is 2. The van der Waals surface area contributed by atoms with E-state index in [2.05, 4.69) is 11.4 Å². The molecule has 2 nitrogen and oxygen atoms in total. The number of rotatable bonds is 3. The molecule has 1 saturated heterocycles. The monoisotopic (exact) mass is 211 g/mol. The first-order valence-corrected chi connectivity index (χ1v) is 5.18. The van der Waals surface area contributed by atoms with E-state index in [4.69, 9.17) is 11.6 Å². The van der Waals surface area contributed by atoms with Crippen molar-refractivity contribution in [3.05, 3.63) is 34.9 Å². The van der Waals surface area contributed by atoms with Crippen LogP contribution in [-0.4, -0.2) is 24.8 Å². The number of hydrogen-bond acceptors (Lipinski definition) is 2. The molecule has 1 aromatic rings. The van der Waals surface area contributed by atoms with Gasteiger partial charge in [0.2, 0.25) is 0 Å². The van der Waals surface area contributed by atoms with Crippen LogP contribution < -0.4 is 5.32 Å². The summed E-state index contributed by atoms with van der Waals surface area (Å²) in [5.74, 6) is 0. The van der Waals surface area contributed by atoms with Gasteiger partial charge in [0.05, 0.1) is 6.61 Å². The van der Waals surface area contributed by atoms with Crippen LogP contribution in [0.3, 0.4) is 0 Å². The second-order valence-corrected chi connectivity index (χ2v) is 4.50. The molecule has 1 heterocycles. The molecule has 0 unspecified atom stereocenters. The van der Waals surface area contributed by atoms with Crippen LogP contribution in [0.25, 0.3) is 0 Å². The lowest BCUT2D eigenvalue weighted by molar-refractivity contribution is 0.0687. The molecule has 1 aliphatic rings. The second kappa shape index (κ2) is 3.89. The highest BCUT2D eigenvalue weighted by Crippen LogP contribution is 2.27. The molecular formula is C11H14ClNO. The molecule has 0 radical (unpaired) electrons. The molecular weight excluding hydrogens is 198 g/mol. The lowest BCUT2D eigenvalue weighted by atomic mass is 9.77. The number of nitrogens with one attached hydrogen (secondary N) is 1. The van der Waals surface area contributed by atoms with Gasteiger partial charge in [-0.1, -0.05) is 23.7 Å². The fraction of sp³-hybridized carbons (Fsp3) is 0.455. The van der Waals surface area contributed by atoms with Gasteiger partial charge in [-0.05, 0) is 24.1 Å². The van der Waals surface area contributed by atoms with E-state index in [1.165, 1.54) is 5.56 Å². The fourth-order valence-corrected chi connectivity index (χ4v) is 2.06. The zero-order valence-electron chi connectivity index (χ0n) is 7.96. The lowest BCUT2D eigenvalue weighted by Gasteiger charge is -2.41. The van der Waals surface area contributed by atoms with Crippen molar-refractivity contribution in [3.8, 4) is 0 Å². The van der Waals surface area contributed by atoms with Crippen LogP contribution in [0.1, 0.15) is 5.56 Å². The fourth-order valence-electron chi connectivity index (χ4n) is 1.85. The quantitative estimate of drug-likeness (QED) is 0.794. The van der Waals surface area contributed by atoms with Gasteiger partial charge in [-0.15, -0.1) is 0 Å². The van der Waals surface area contributed by atoms with Crippen molar-refractivity contribution in [2.45, 2.75) is 6.42 Å². The third kappa shape index (κ3) is 1.92. The highest BCUT2D eigenvalue weighted by atomic mass is 35.5. The van der Waals surface area contributed by atoms with Gasteiger partial charge in [0.1, 0.15) is 0 Å². The lowest BCUT2D eigenvalue weighted by Crippen LogP contribution is -2.56. The normalized spacial score (nSPS) is 19.0. The molecule has 0 amide bonds. The standard InChI is InChI=1S/C11H14ClNO/c12-10-3-1-2-9(4-10)5-11(8-14)6-13-7-11/h1-4,13-14H,5-8H2. The summed E-state index contributed by atoms with van der Waals surface area (Å²) in [6.45, 7) is 2.04. The molecule has 0 spiro atoms. The number of aliphatic hydroxyl groups is 1. The van der Waals surface area contributed by atoms with E-state index in [9.17, 15) is 5.11 Å². The van der Waals surface area contributed by atoms with E-state index in [0.717, 1.165) is 24.5 Å². The number of aliphatic hydroxyl groups excluding tert-OH is 1. The molecule has 2 N–H and O–H groups in total. The van der Waals surface area contributed by atoms with Crippen molar-refractivity contribution in [2.75, 3.05) is 19.7 Å². The Morgan fingerprint density at radius 2 is 2.21 bits per heavy atom. The Morgan fingerprint density at radius 1 is 1.43 bits per heavy atom. The average Bonchev–Trinajstić information content (AvgIpc) is 2.11. The Morgan fingerprint density at radius 3 is 2.71 bits per heavy atom. The molecule has 1 aliphatic heterocycles. The minimum absolute atomic E-state index is 0.0463. The van der Waals surface area contributed by atoms with Crippen LogP contribution in [-0.2, 0) is 6.42 Å². The van der Waals surface area contributed by atoms with E-state index < -0.39 is 0 Å². The Balaban J connectivity index is 2.09. The van der Waals surface area contributed by atoms with E-state index >= 15 is 0 Å². The van der Waals surface area contributed by atoms with E-state index in [0.29, 0.717) is 0 Å². The van der Waals surface area contributed by atoms with Crippen LogP contribution >= 0.6 is 11.6 Å².